The van der Waals surface area contributed by atoms with Crippen molar-refractivity contribution in [3.63, 3.8) is 0 Å². The SMILES string of the molecule is CNC(c1c(C)[nH]c2ccccc12)C(C)(C)N. The number of hydrogen-bond donors (Lipinski definition) is 3. The molecule has 0 aliphatic heterocycles. The minimum absolute atomic E-state index is 0.138. The fraction of sp³-hybridized carbons (Fsp3) is 0.429. The van der Waals surface area contributed by atoms with Crippen molar-refractivity contribution in [1.82, 2.24) is 10.3 Å². The fourth-order valence-electron chi connectivity index (χ4n) is 2.56. The average molecular weight is 231 g/mol. The number of para-hydroxylation sites is 1. The molecule has 0 bridgehead atoms. The van der Waals surface area contributed by atoms with Crippen LogP contribution in [0.1, 0.15) is 31.1 Å². The third-order valence-electron chi connectivity index (χ3n) is 3.26. The van der Waals surface area contributed by atoms with Crippen molar-refractivity contribution in [1.29, 1.82) is 0 Å². The van der Waals surface area contributed by atoms with Crippen molar-refractivity contribution in [3.8, 4) is 0 Å². The summed E-state index contributed by atoms with van der Waals surface area (Å²) in [4.78, 5) is 3.42. The Bertz CT molecular complexity index is 520. The van der Waals surface area contributed by atoms with Gasteiger partial charge in [-0.2, -0.15) is 0 Å². The van der Waals surface area contributed by atoms with E-state index < -0.39 is 0 Å². The Hall–Kier alpha value is -1.32. The monoisotopic (exact) mass is 231 g/mol. The number of H-pyrrole nitrogens is 1. The predicted molar refractivity (Wildman–Crippen MR) is 73.1 cm³/mol. The molecule has 1 atom stereocenters. The number of fused-ring (bicyclic) bond motifs is 1. The van der Waals surface area contributed by atoms with Gasteiger partial charge in [0.05, 0.1) is 6.04 Å². The van der Waals surface area contributed by atoms with Crippen LogP contribution in [0.2, 0.25) is 0 Å². The van der Waals surface area contributed by atoms with E-state index >= 15 is 0 Å². The molecule has 1 unspecified atom stereocenters. The van der Waals surface area contributed by atoms with Gasteiger partial charge in [0, 0.05) is 22.1 Å². The minimum Gasteiger partial charge on any atom is -0.358 e. The highest BCUT2D eigenvalue weighted by atomic mass is 15.0. The molecule has 0 spiro atoms. The maximum atomic E-state index is 6.26. The molecule has 92 valence electrons. The van der Waals surface area contributed by atoms with Crippen LogP contribution in [0.4, 0.5) is 0 Å². The van der Waals surface area contributed by atoms with Crippen LogP contribution in [-0.4, -0.2) is 17.6 Å². The molecule has 17 heavy (non-hydrogen) atoms. The van der Waals surface area contributed by atoms with Gasteiger partial charge in [-0.15, -0.1) is 0 Å². The first-order chi connectivity index (χ1) is 7.95. The van der Waals surface area contributed by atoms with Crippen molar-refractivity contribution in [2.45, 2.75) is 32.4 Å². The van der Waals surface area contributed by atoms with E-state index in [1.54, 1.807) is 0 Å². The molecular formula is C14H21N3. The molecular weight excluding hydrogens is 210 g/mol. The number of benzene rings is 1. The molecule has 3 heteroatoms. The first-order valence-electron chi connectivity index (χ1n) is 5.98. The van der Waals surface area contributed by atoms with Crippen LogP contribution < -0.4 is 11.1 Å². The Kier molecular flexibility index (Phi) is 2.98. The standard InChI is InChI=1S/C14H21N3/c1-9-12(13(16-4)14(2,3)15)10-7-5-6-8-11(10)17-9/h5-8,13,16-17H,15H2,1-4H3. The number of nitrogens with two attached hydrogens (primary N) is 1. The van der Waals surface area contributed by atoms with E-state index in [1.165, 1.54) is 22.2 Å². The number of aromatic nitrogens is 1. The molecule has 0 saturated heterocycles. The normalized spacial score (nSPS) is 14.2. The van der Waals surface area contributed by atoms with E-state index in [0.29, 0.717) is 0 Å². The quantitative estimate of drug-likeness (QED) is 0.760. The van der Waals surface area contributed by atoms with Gasteiger partial charge in [0.25, 0.3) is 0 Å². The Balaban J connectivity index is 2.65. The maximum Gasteiger partial charge on any atom is 0.0518 e. The fourth-order valence-corrected chi connectivity index (χ4v) is 2.56. The average Bonchev–Trinajstić information content (AvgIpc) is 2.55. The number of hydrogen-bond acceptors (Lipinski definition) is 2. The lowest BCUT2D eigenvalue weighted by molar-refractivity contribution is 0.371. The highest BCUT2D eigenvalue weighted by Crippen LogP contribution is 2.32. The van der Waals surface area contributed by atoms with Crippen LogP contribution in [-0.2, 0) is 0 Å². The van der Waals surface area contributed by atoms with Gasteiger partial charge in [0.15, 0.2) is 0 Å². The Morgan fingerprint density at radius 3 is 2.53 bits per heavy atom. The molecule has 1 aromatic carbocycles. The van der Waals surface area contributed by atoms with Crippen LogP contribution >= 0.6 is 0 Å². The van der Waals surface area contributed by atoms with E-state index in [2.05, 4.69) is 49.3 Å². The van der Waals surface area contributed by atoms with Gasteiger partial charge in [0.2, 0.25) is 0 Å². The molecule has 2 rings (SSSR count). The summed E-state index contributed by atoms with van der Waals surface area (Å²) in [5, 5.41) is 4.59. The van der Waals surface area contributed by atoms with Gasteiger partial charge in [0.1, 0.15) is 0 Å². The third kappa shape index (κ3) is 2.08. The van der Waals surface area contributed by atoms with Crippen molar-refractivity contribution < 1.29 is 0 Å². The summed E-state index contributed by atoms with van der Waals surface area (Å²) in [7, 11) is 1.96. The molecule has 1 aromatic heterocycles. The van der Waals surface area contributed by atoms with Crippen molar-refractivity contribution in [2.24, 2.45) is 5.73 Å². The summed E-state index contributed by atoms with van der Waals surface area (Å²) in [6.45, 7) is 6.20. The second-order valence-electron chi connectivity index (χ2n) is 5.25. The number of nitrogens with one attached hydrogen (secondary N) is 2. The molecule has 0 saturated carbocycles. The van der Waals surface area contributed by atoms with Gasteiger partial charge >= 0.3 is 0 Å². The summed E-state index contributed by atoms with van der Waals surface area (Å²) < 4.78 is 0. The predicted octanol–water partition coefficient (Wildman–Crippen LogP) is 2.47. The molecule has 0 fully saturated rings. The highest BCUT2D eigenvalue weighted by molar-refractivity contribution is 5.85. The lowest BCUT2D eigenvalue weighted by atomic mass is 9.88. The highest BCUT2D eigenvalue weighted by Gasteiger charge is 2.28. The topological polar surface area (TPSA) is 53.8 Å². The van der Waals surface area contributed by atoms with Gasteiger partial charge in [-0.1, -0.05) is 18.2 Å². The van der Waals surface area contributed by atoms with E-state index in [0.717, 1.165) is 0 Å². The van der Waals surface area contributed by atoms with Crippen molar-refractivity contribution in [3.05, 3.63) is 35.5 Å². The first-order valence-corrected chi connectivity index (χ1v) is 5.98. The summed E-state index contributed by atoms with van der Waals surface area (Å²) in [5.74, 6) is 0. The lowest BCUT2D eigenvalue weighted by Gasteiger charge is -2.31. The van der Waals surface area contributed by atoms with E-state index in [-0.39, 0.29) is 11.6 Å². The van der Waals surface area contributed by atoms with Crippen LogP contribution in [0.3, 0.4) is 0 Å². The van der Waals surface area contributed by atoms with Crippen LogP contribution in [0, 0.1) is 6.92 Å². The number of rotatable bonds is 3. The van der Waals surface area contributed by atoms with Gasteiger partial charge in [-0.25, -0.2) is 0 Å². The summed E-state index contributed by atoms with van der Waals surface area (Å²) >= 11 is 0. The largest absolute Gasteiger partial charge is 0.358 e. The molecule has 0 amide bonds. The second-order valence-corrected chi connectivity index (χ2v) is 5.25. The Morgan fingerprint density at radius 1 is 1.29 bits per heavy atom. The van der Waals surface area contributed by atoms with Gasteiger partial charge < -0.3 is 16.0 Å². The summed E-state index contributed by atoms with van der Waals surface area (Å²) in [5.41, 5.74) is 9.59. The van der Waals surface area contributed by atoms with Gasteiger partial charge in [-0.3, -0.25) is 0 Å². The molecule has 2 aromatic rings. The minimum atomic E-state index is -0.301. The molecule has 0 aliphatic carbocycles. The smallest absolute Gasteiger partial charge is 0.0518 e. The summed E-state index contributed by atoms with van der Waals surface area (Å²) in [6.07, 6.45) is 0. The van der Waals surface area contributed by atoms with E-state index in [4.69, 9.17) is 5.73 Å². The zero-order chi connectivity index (χ0) is 12.6. The summed E-state index contributed by atoms with van der Waals surface area (Å²) in [6, 6.07) is 8.49. The molecule has 1 heterocycles. The van der Waals surface area contributed by atoms with Crippen molar-refractivity contribution in [2.75, 3.05) is 7.05 Å². The molecule has 4 N–H and O–H groups in total. The molecule has 3 nitrogen and oxygen atoms in total. The molecule has 0 radical (unpaired) electrons. The van der Waals surface area contributed by atoms with Crippen LogP contribution in [0.5, 0.6) is 0 Å². The Labute approximate surface area is 102 Å². The van der Waals surface area contributed by atoms with Crippen molar-refractivity contribution >= 4 is 10.9 Å². The number of aromatic amines is 1. The van der Waals surface area contributed by atoms with Crippen LogP contribution in [0.25, 0.3) is 10.9 Å². The Morgan fingerprint density at radius 2 is 1.94 bits per heavy atom. The third-order valence-corrected chi connectivity index (χ3v) is 3.26. The lowest BCUT2D eigenvalue weighted by Crippen LogP contribution is -2.45. The van der Waals surface area contributed by atoms with E-state index in [1.807, 2.05) is 13.1 Å². The first kappa shape index (κ1) is 12.1. The van der Waals surface area contributed by atoms with Gasteiger partial charge in [-0.05, 0) is 39.4 Å². The second kappa shape index (κ2) is 4.17. The van der Waals surface area contributed by atoms with Crippen LogP contribution in [0.15, 0.2) is 24.3 Å². The maximum absolute atomic E-state index is 6.26. The zero-order valence-corrected chi connectivity index (χ0v) is 11.0. The zero-order valence-electron chi connectivity index (χ0n) is 11.0. The van der Waals surface area contributed by atoms with E-state index in [9.17, 15) is 0 Å². The molecule has 0 aliphatic rings. The number of aryl methyl sites for hydroxylation is 1. The number of likely N-dealkylation sites (N-methyl/N-ethyl adjacent to an activating group) is 1.